The third kappa shape index (κ3) is 6.74. The fourth-order valence-electron chi connectivity index (χ4n) is 2.68. The van der Waals surface area contributed by atoms with Crippen LogP contribution in [0.1, 0.15) is 0 Å². The Morgan fingerprint density at radius 2 is 1.61 bits per heavy atom. The molecule has 2 aliphatic heterocycles. The Morgan fingerprint density at radius 3 is 2.18 bits per heavy atom. The van der Waals surface area contributed by atoms with Crippen LogP contribution in [0.25, 0.3) is 10.4 Å². The first-order valence-electron chi connectivity index (χ1n) is 8.16. The van der Waals surface area contributed by atoms with Crippen molar-refractivity contribution in [2.24, 2.45) is 5.11 Å². The van der Waals surface area contributed by atoms with Gasteiger partial charge in [0.1, 0.15) is 36.6 Å². The molecule has 0 aromatic carbocycles. The predicted molar refractivity (Wildman–Crippen MR) is 84.1 cm³/mol. The molecule has 0 bridgehead atoms. The lowest BCUT2D eigenvalue weighted by molar-refractivity contribution is -0.335. The molecule has 2 rings (SSSR count). The van der Waals surface area contributed by atoms with E-state index in [0.29, 0.717) is 0 Å². The summed E-state index contributed by atoms with van der Waals surface area (Å²) in [5.74, 6) is 0. The minimum atomic E-state index is -1.38. The van der Waals surface area contributed by atoms with Crippen LogP contribution in [0.4, 0.5) is 0 Å². The Labute approximate surface area is 159 Å². The molecule has 0 saturated carbocycles. The van der Waals surface area contributed by atoms with E-state index in [9.17, 15) is 20.4 Å². The Kier molecular flexibility index (Phi) is 11.1. The number of carbonyl (C=O) groups excluding carboxylic acids is 2. The molecule has 4 N–H and O–H groups in total. The van der Waals surface area contributed by atoms with Gasteiger partial charge in [0.15, 0.2) is 12.6 Å². The van der Waals surface area contributed by atoms with Gasteiger partial charge in [-0.2, -0.15) is 9.59 Å². The van der Waals surface area contributed by atoms with Crippen molar-refractivity contribution in [2.45, 2.75) is 49.2 Å². The van der Waals surface area contributed by atoms with E-state index in [1.54, 1.807) is 0 Å². The van der Waals surface area contributed by atoms with Crippen LogP contribution in [0.2, 0.25) is 0 Å². The average Bonchev–Trinajstić information content (AvgIpc) is 2.66. The summed E-state index contributed by atoms with van der Waals surface area (Å²) in [6.07, 6.45) is -9.07. The van der Waals surface area contributed by atoms with Gasteiger partial charge in [-0.05, 0) is 5.53 Å². The maximum atomic E-state index is 10.3. The molecule has 0 aromatic rings. The number of aliphatic hydroxyl groups excluding tert-OH is 4. The van der Waals surface area contributed by atoms with Crippen molar-refractivity contribution < 1.29 is 53.7 Å². The van der Waals surface area contributed by atoms with Gasteiger partial charge in [0.25, 0.3) is 0 Å². The summed E-state index contributed by atoms with van der Waals surface area (Å²) in [6.45, 7) is -0.251. The second-order valence-corrected chi connectivity index (χ2v) is 5.73. The van der Waals surface area contributed by atoms with Crippen LogP contribution in [-0.2, 0) is 33.3 Å². The normalized spacial score (nSPS) is 37.8. The fraction of sp³-hybridized carbons (Fsp3) is 0.929. The van der Waals surface area contributed by atoms with E-state index in [4.69, 9.17) is 38.8 Å². The number of aliphatic hydroxyl groups is 4. The highest BCUT2D eigenvalue weighted by molar-refractivity contribution is 5.20. The van der Waals surface area contributed by atoms with Gasteiger partial charge in [-0.1, -0.05) is 5.11 Å². The number of nitrogens with zero attached hydrogens (tertiary/aromatic N) is 3. The van der Waals surface area contributed by atoms with Crippen LogP contribution in [-0.4, -0.2) is 109 Å². The maximum absolute atomic E-state index is 10.3. The van der Waals surface area contributed by atoms with Gasteiger partial charge in [0.05, 0.1) is 19.8 Å². The van der Waals surface area contributed by atoms with Gasteiger partial charge in [0, 0.05) is 18.6 Å². The SMILES string of the molecule is CO[C@@H]1C(O)[C@@H](O[C@@H]2C(O)[C@H](OCCN=[N+]=[N-])OC[C@H]2O)OC[C@H]1O.O=C=O. The van der Waals surface area contributed by atoms with Crippen LogP contribution >= 0.6 is 0 Å². The van der Waals surface area contributed by atoms with Gasteiger partial charge in [0.2, 0.25) is 0 Å². The molecule has 28 heavy (non-hydrogen) atoms. The molecular formula is C14H23N3O11. The molecule has 14 heteroatoms. The predicted octanol–water partition coefficient (Wildman–Crippen LogP) is -2.71. The molecule has 8 atom stereocenters. The Balaban J connectivity index is 0.00000122. The zero-order chi connectivity index (χ0) is 21.1. The number of ether oxygens (including phenoxy) is 5. The lowest BCUT2D eigenvalue weighted by Gasteiger charge is -2.42. The van der Waals surface area contributed by atoms with Gasteiger partial charge in [-0.25, -0.2) is 0 Å². The summed E-state index contributed by atoms with van der Waals surface area (Å²) in [4.78, 5) is 18.8. The molecule has 2 heterocycles. The van der Waals surface area contributed by atoms with E-state index in [1.807, 2.05) is 0 Å². The molecule has 0 amide bonds. The zero-order valence-electron chi connectivity index (χ0n) is 14.9. The summed E-state index contributed by atoms with van der Waals surface area (Å²) >= 11 is 0. The third-order valence-corrected chi connectivity index (χ3v) is 3.95. The van der Waals surface area contributed by atoms with Gasteiger partial charge < -0.3 is 44.1 Å². The van der Waals surface area contributed by atoms with Crippen molar-refractivity contribution in [3.8, 4) is 0 Å². The van der Waals surface area contributed by atoms with Crippen molar-refractivity contribution in [1.29, 1.82) is 0 Å². The second kappa shape index (κ2) is 12.7. The summed E-state index contributed by atoms with van der Waals surface area (Å²) in [7, 11) is 1.32. The highest BCUT2D eigenvalue weighted by Gasteiger charge is 2.46. The summed E-state index contributed by atoms with van der Waals surface area (Å²) in [5.41, 5.74) is 8.20. The van der Waals surface area contributed by atoms with E-state index in [2.05, 4.69) is 10.0 Å². The van der Waals surface area contributed by atoms with Crippen LogP contribution in [0, 0.1) is 0 Å². The first-order valence-corrected chi connectivity index (χ1v) is 8.16. The lowest BCUT2D eigenvalue weighted by atomic mass is 10.0. The lowest BCUT2D eigenvalue weighted by Crippen LogP contribution is -2.60. The second-order valence-electron chi connectivity index (χ2n) is 5.73. The van der Waals surface area contributed by atoms with Crippen LogP contribution < -0.4 is 0 Å². The summed E-state index contributed by atoms with van der Waals surface area (Å²) < 4.78 is 26.2. The molecular weight excluding hydrogens is 386 g/mol. The topological polar surface area (TPSA) is 210 Å². The molecule has 2 unspecified atom stereocenters. The molecule has 0 aliphatic carbocycles. The Bertz CT molecular complexity index is 541. The molecule has 14 nitrogen and oxygen atoms in total. The molecule has 0 spiro atoms. The summed E-state index contributed by atoms with van der Waals surface area (Å²) in [6, 6.07) is 0. The van der Waals surface area contributed by atoms with Crippen LogP contribution in [0.5, 0.6) is 0 Å². The first-order chi connectivity index (χ1) is 13.4. The monoisotopic (exact) mass is 409 g/mol. The number of methoxy groups -OCH3 is 1. The quantitative estimate of drug-likeness (QED) is 0.147. The largest absolute Gasteiger partial charge is 0.388 e. The Morgan fingerprint density at radius 1 is 1.07 bits per heavy atom. The highest BCUT2D eigenvalue weighted by atomic mass is 16.7. The number of hydrogen-bond donors (Lipinski definition) is 4. The molecule has 2 saturated heterocycles. The van der Waals surface area contributed by atoms with Crippen LogP contribution in [0.15, 0.2) is 5.11 Å². The van der Waals surface area contributed by atoms with Crippen LogP contribution in [0.3, 0.4) is 0 Å². The minimum absolute atomic E-state index is 0.00902. The molecule has 2 fully saturated rings. The molecule has 0 aromatic heterocycles. The Hall–Kier alpha value is -1.67. The van der Waals surface area contributed by atoms with Crippen molar-refractivity contribution in [1.82, 2.24) is 0 Å². The van der Waals surface area contributed by atoms with Gasteiger partial charge in [-0.15, -0.1) is 0 Å². The van der Waals surface area contributed by atoms with E-state index in [0.717, 1.165) is 0 Å². The van der Waals surface area contributed by atoms with Crippen molar-refractivity contribution in [3.05, 3.63) is 10.4 Å². The zero-order valence-corrected chi connectivity index (χ0v) is 14.9. The number of rotatable bonds is 7. The molecule has 0 radical (unpaired) electrons. The van der Waals surface area contributed by atoms with Gasteiger partial charge in [-0.3, -0.25) is 0 Å². The third-order valence-electron chi connectivity index (χ3n) is 3.95. The van der Waals surface area contributed by atoms with Crippen molar-refractivity contribution in [3.63, 3.8) is 0 Å². The molecule has 160 valence electrons. The smallest absolute Gasteiger partial charge is 0.373 e. The average molecular weight is 409 g/mol. The fourth-order valence-corrected chi connectivity index (χ4v) is 2.68. The standard InChI is InChI=1S/C13H23N3O9.CO2/c1-21-10-6(17)4-24-13(8(10)19)25-11-7(18)5-23-12(9(11)20)22-3-2-15-16-14;2-1-3/h6-13,17-20H,2-5H2,1H3;/t6-,7-,8?,9?,10+,11+,12-,13-;/m1./s1. The first kappa shape index (κ1) is 24.4. The minimum Gasteiger partial charge on any atom is -0.388 e. The van der Waals surface area contributed by atoms with E-state index in [1.165, 1.54) is 7.11 Å². The van der Waals surface area contributed by atoms with Crippen molar-refractivity contribution >= 4 is 6.15 Å². The van der Waals surface area contributed by atoms with E-state index in [-0.39, 0.29) is 32.5 Å². The van der Waals surface area contributed by atoms with Gasteiger partial charge >= 0.3 is 6.15 Å². The number of azide groups is 1. The number of hydrogen-bond acceptors (Lipinski definition) is 12. The maximum Gasteiger partial charge on any atom is 0.373 e. The van der Waals surface area contributed by atoms with E-state index < -0.39 is 49.2 Å². The summed E-state index contributed by atoms with van der Waals surface area (Å²) in [5, 5.41) is 43.5. The van der Waals surface area contributed by atoms with E-state index >= 15 is 0 Å². The van der Waals surface area contributed by atoms with Crippen molar-refractivity contribution in [2.75, 3.05) is 33.5 Å². The highest BCUT2D eigenvalue weighted by Crippen LogP contribution is 2.25. The molecule has 2 aliphatic rings.